The van der Waals surface area contributed by atoms with Crippen molar-refractivity contribution in [2.45, 2.75) is 6.92 Å². The molecule has 0 atom stereocenters. The maximum absolute atomic E-state index is 12.0. The lowest BCUT2D eigenvalue weighted by Gasteiger charge is -2.12. The highest BCUT2D eigenvalue weighted by Gasteiger charge is 2.08. The molecule has 2 aromatic carbocycles. The number of hydrazine groups is 1. The van der Waals surface area contributed by atoms with E-state index in [9.17, 15) is 4.79 Å². The zero-order valence-electron chi connectivity index (χ0n) is 11.3. The van der Waals surface area contributed by atoms with E-state index in [0.717, 1.165) is 11.1 Å². The number of carbonyl (C=O) groups is 1. The molecule has 0 spiro atoms. The predicted molar refractivity (Wildman–Crippen MR) is 81.7 cm³/mol. The number of benzene rings is 2. The standard InChI is InChI=1S/C16H17N3O/c1-11-6-3-4-9-15(11)16(20)19-18-12(2)13-7-5-8-14(17)10-13/h3-10,18H,2,17H2,1H3,(H,19,20). The van der Waals surface area contributed by atoms with Crippen molar-refractivity contribution >= 4 is 17.3 Å². The van der Waals surface area contributed by atoms with Crippen molar-refractivity contribution in [3.8, 4) is 0 Å². The topological polar surface area (TPSA) is 67.1 Å². The molecule has 0 saturated carbocycles. The fourth-order valence-electron chi connectivity index (χ4n) is 1.83. The summed E-state index contributed by atoms with van der Waals surface area (Å²) < 4.78 is 0. The van der Waals surface area contributed by atoms with Crippen LogP contribution in [0.4, 0.5) is 5.69 Å². The number of nitrogens with one attached hydrogen (secondary N) is 2. The van der Waals surface area contributed by atoms with Gasteiger partial charge < -0.3 is 5.73 Å². The lowest BCUT2D eigenvalue weighted by Crippen LogP contribution is -2.36. The zero-order valence-corrected chi connectivity index (χ0v) is 11.3. The van der Waals surface area contributed by atoms with Gasteiger partial charge >= 0.3 is 0 Å². The lowest BCUT2D eigenvalue weighted by molar-refractivity contribution is 0.0942. The maximum atomic E-state index is 12.0. The average molecular weight is 267 g/mol. The van der Waals surface area contributed by atoms with Gasteiger partial charge in [-0.3, -0.25) is 15.6 Å². The molecule has 0 saturated heterocycles. The fraction of sp³-hybridized carbons (Fsp3) is 0.0625. The Morgan fingerprint density at radius 2 is 1.85 bits per heavy atom. The van der Waals surface area contributed by atoms with Crippen LogP contribution in [0.15, 0.2) is 55.1 Å². The molecule has 0 unspecified atom stereocenters. The number of anilines is 1. The summed E-state index contributed by atoms with van der Waals surface area (Å²) in [5.41, 5.74) is 14.7. The highest BCUT2D eigenvalue weighted by Crippen LogP contribution is 2.12. The van der Waals surface area contributed by atoms with Crippen molar-refractivity contribution in [1.82, 2.24) is 10.9 Å². The van der Waals surface area contributed by atoms with Crippen molar-refractivity contribution in [2.24, 2.45) is 0 Å². The number of nitrogen functional groups attached to an aromatic ring is 1. The molecule has 2 rings (SSSR count). The Bertz CT molecular complexity index is 650. The van der Waals surface area contributed by atoms with Gasteiger partial charge in [0.05, 0.1) is 5.70 Å². The average Bonchev–Trinajstić information content (AvgIpc) is 2.45. The molecule has 4 heteroatoms. The molecule has 4 nitrogen and oxygen atoms in total. The van der Waals surface area contributed by atoms with Crippen LogP contribution in [0.1, 0.15) is 21.5 Å². The minimum atomic E-state index is -0.201. The Hall–Kier alpha value is -2.75. The van der Waals surface area contributed by atoms with Crippen molar-refractivity contribution in [3.05, 3.63) is 71.8 Å². The van der Waals surface area contributed by atoms with E-state index in [1.807, 2.05) is 37.3 Å². The largest absolute Gasteiger partial charge is 0.399 e. The van der Waals surface area contributed by atoms with Crippen LogP contribution in [-0.4, -0.2) is 5.91 Å². The quantitative estimate of drug-likeness (QED) is 0.589. The molecule has 2 aromatic rings. The van der Waals surface area contributed by atoms with Crippen LogP contribution in [0.25, 0.3) is 5.70 Å². The summed E-state index contributed by atoms with van der Waals surface area (Å²) >= 11 is 0. The van der Waals surface area contributed by atoms with E-state index in [0.29, 0.717) is 16.9 Å². The first-order valence-electron chi connectivity index (χ1n) is 6.25. The Kier molecular flexibility index (Phi) is 4.05. The van der Waals surface area contributed by atoms with Crippen LogP contribution in [0.3, 0.4) is 0 Å². The van der Waals surface area contributed by atoms with Gasteiger partial charge in [0.1, 0.15) is 0 Å². The SMILES string of the molecule is C=C(NNC(=O)c1ccccc1C)c1cccc(N)c1. The summed E-state index contributed by atoms with van der Waals surface area (Å²) in [6.45, 7) is 5.76. The smallest absolute Gasteiger partial charge is 0.269 e. The maximum Gasteiger partial charge on any atom is 0.269 e. The first kappa shape index (κ1) is 13.7. The van der Waals surface area contributed by atoms with Crippen LogP contribution in [0, 0.1) is 6.92 Å². The van der Waals surface area contributed by atoms with Crippen LogP contribution < -0.4 is 16.6 Å². The van der Waals surface area contributed by atoms with Gasteiger partial charge in [0.15, 0.2) is 0 Å². The van der Waals surface area contributed by atoms with Gasteiger partial charge in [0.2, 0.25) is 0 Å². The molecule has 0 fully saturated rings. The van der Waals surface area contributed by atoms with E-state index < -0.39 is 0 Å². The minimum absolute atomic E-state index is 0.201. The Morgan fingerprint density at radius 1 is 1.10 bits per heavy atom. The van der Waals surface area contributed by atoms with E-state index in [1.165, 1.54) is 0 Å². The highest BCUT2D eigenvalue weighted by molar-refractivity contribution is 5.95. The Labute approximate surface area is 118 Å². The molecule has 0 bridgehead atoms. The summed E-state index contributed by atoms with van der Waals surface area (Å²) in [5, 5.41) is 0. The van der Waals surface area contributed by atoms with Crippen LogP contribution >= 0.6 is 0 Å². The molecule has 0 heterocycles. The van der Waals surface area contributed by atoms with Gasteiger partial charge in [0.25, 0.3) is 5.91 Å². The summed E-state index contributed by atoms with van der Waals surface area (Å²) in [6.07, 6.45) is 0. The van der Waals surface area contributed by atoms with E-state index >= 15 is 0 Å². The number of carbonyl (C=O) groups excluding carboxylic acids is 1. The molecule has 0 aromatic heterocycles. The molecule has 0 radical (unpaired) electrons. The van der Waals surface area contributed by atoms with Crippen LogP contribution in [0.5, 0.6) is 0 Å². The molecule has 4 N–H and O–H groups in total. The molecular weight excluding hydrogens is 250 g/mol. The van der Waals surface area contributed by atoms with Crippen LogP contribution in [0.2, 0.25) is 0 Å². The Balaban J connectivity index is 2.01. The van der Waals surface area contributed by atoms with E-state index in [-0.39, 0.29) is 5.91 Å². The number of amides is 1. The monoisotopic (exact) mass is 267 g/mol. The number of aryl methyl sites for hydroxylation is 1. The minimum Gasteiger partial charge on any atom is -0.399 e. The van der Waals surface area contributed by atoms with Crippen molar-refractivity contribution in [3.63, 3.8) is 0 Å². The summed E-state index contributed by atoms with van der Waals surface area (Å²) in [7, 11) is 0. The van der Waals surface area contributed by atoms with Crippen molar-refractivity contribution in [1.29, 1.82) is 0 Å². The Morgan fingerprint density at radius 3 is 2.55 bits per heavy atom. The summed E-state index contributed by atoms with van der Waals surface area (Å²) in [5.74, 6) is -0.201. The third-order valence-corrected chi connectivity index (χ3v) is 2.95. The molecule has 20 heavy (non-hydrogen) atoms. The molecule has 0 aliphatic rings. The third kappa shape index (κ3) is 3.17. The first-order valence-corrected chi connectivity index (χ1v) is 6.25. The van der Waals surface area contributed by atoms with E-state index in [4.69, 9.17) is 5.73 Å². The van der Waals surface area contributed by atoms with Gasteiger partial charge in [-0.25, -0.2) is 0 Å². The molecule has 1 amide bonds. The highest BCUT2D eigenvalue weighted by atomic mass is 16.2. The van der Waals surface area contributed by atoms with E-state index in [1.54, 1.807) is 18.2 Å². The molecular formula is C16H17N3O. The third-order valence-electron chi connectivity index (χ3n) is 2.95. The van der Waals surface area contributed by atoms with Crippen molar-refractivity contribution in [2.75, 3.05) is 5.73 Å². The number of nitrogens with two attached hydrogens (primary N) is 1. The number of hydrogen-bond acceptors (Lipinski definition) is 3. The van der Waals surface area contributed by atoms with Gasteiger partial charge in [-0.2, -0.15) is 0 Å². The summed E-state index contributed by atoms with van der Waals surface area (Å²) in [4.78, 5) is 12.0. The van der Waals surface area contributed by atoms with Crippen LogP contribution in [-0.2, 0) is 0 Å². The summed E-state index contributed by atoms with van der Waals surface area (Å²) in [6, 6.07) is 14.7. The predicted octanol–water partition coefficient (Wildman–Crippen LogP) is 2.48. The van der Waals surface area contributed by atoms with Gasteiger partial charge in [0, 0.05) is 16.8 Å². The molecule has 0 aliphatic heterocycles. The van der Waals surface area contributed by atoms with Gasteiger partial charge in [-0.1, -0.05) is 36.9 Å². The van der Waals surface area contributed by atoms with E-state index in [2.05, 4.69) is 17.4 Å². The normalized spacial score (nSPS) is 9.85. The second-order valence-electron chi connectivity index (χ2n) is 4.50. The van der Waals surface area contributed by atoms with Gasteiger partial charge in [-0.05, 0) is 30.7 Å². The van der Waals surface area contributed by atoms with Crippen molar-refractivity contribution < 1.29 is 4.79 Å². The second-order valence-corrected chi connectivity index (χ2v) is 4.50. The number of rotatable bonds is 4. The van der Waals surface area contributed by atoms with Gasteiger partial charge in [-0.15, -0.1) is 0 Å². The first-order chi connectivity index (χ1) is 9.58. The second kappa shape index (κ2) is 5.93. The molecule has 0 aliphatic carbocycles. The number of hydrogen-bond donors (Lipinski definition) is 3. The fourth-order valence-corrected chi connectivity index (χ4v) is 1.83. The zero-order chi connectivity index (χ0) is 14.5. The lowest BCUT2D eigenvalue weighted by atomic mass is 10.1. The molecule has 102 valence electrons.